The average molecular weight is 210 g/mol. The summed E-state index contributed by atoms with van der Waals surface area (Å²) in [5, 5.41) is 3.18. The maximum atomic E-state index is 13.1. The molecule has 3 N–H and O–H groups in total. The van der Waals surface area contributed by atoms with Crippen LogP contribution in [0.2, 0.25) is 0 Å². The zero-order valence-corrected chi connectivity index (χ0v) is 9.60. The van der Waals surface area contributed by atoms with Crippen molar-refractivity contribution in [3.05, 3.63) is 24.0 Å². The molecule has 0 saturated heterocycles. The number of hydrogen-bond donors (Lipinski definition) is 2. The van der Waals surface area contributed by atoms with E-state index in [0.717, 1.165) is 13.0 Å². The Balaban J connectivity index is 2.70. The van der Waals surface area contributed by atoms with E-state index in [0.29, 0.717) is 5.69 Å². The Morgan fingerprint density at radius 2 is 2.07 bits per heavy atom. The van der Waals surface area contributed by atoms with Crippen molar-refractivity contribution >= 4 is 11.4 Å². The van der Waals surface area contributed by atoms with Crippen molar-refractivity contribution in [1.82, 2.24) is 0 Å². The number of hydrogen-bond acceptors (Lipinski definition) is 2. The van der Waals surface area contributed by atoms with Gasteiger partial charge in [-0.05, 0) is 24.0 Å². The fourth-order valence-corrected chi connectivity index (χ4v) is 1.15. The molecule has 0 fully saturated rings. The quantitative estimate of drug-likeness (QED) is 0.748. The molecule has 0 aromatic heterocycles. The van der Waals surface area contributed by atoms with Crippen LogP contribution >= 0.6 is 0 Å². The molecular formula is C12H19FN2. The second-order valence-electron chi connectivity index (χ2n) is 4.57. The normalized spacial score (nSPS) is 11.5. The number of anilines is 2. The van der Waals surface area contributed by atoms with E-state index in [1.165, 1.54) is 6.07 Å². The van der Waals surface area contributed by atoms with E-state index in [2.05, 4.69) is 26.1 Å². The van der Waals surface area contributed by atoms with Crippen LogP contribution in [0.3, 0.4) is 0 Å². The summed E-state index contributed by atoms with van der Waals surface area (Å²) >= 11 is 0. The van der Waals surface area contributed by atoms with Crippen molar-refractivity contribution in [2.75, 3.05) is 17.6 Å². The molecule has 1 aromatic rings. The van der Waals surface area contributed by atoms with E-state index in [1.54, 1.807) is 12.1 Å². The van der Waals surface area contributed by atoms with Gasteiger partial charge in [0.2, 0.25) is 0 Å². The molecule has 15 heavy (non-hydrogen) atoms. The molecule has 0 amide bonds. The maximum Gasteiger partial charge on any atom is 0.148 e. The monoisotopic (exact) mass is 210 g/mol. The van der Waals surface area contributed by atoms with Gasteiger partial charge in [-0.25, -0.2) is 4.39 Å². The van der Waals surface area contributed by atoms with Crippen LogP contribution in [0.25, 0.3) is 0 Å². The molecule has 0 atom stereocenters. The largest absolute Gasteiger partial charge is 0.395 e. The van der Waals surface area contributed by atoms with Crippen LogP contribution in [0.15, 0.2) is 18.2 Å². The molecule has 84 valence electrons. The number of para-hydroxylation sites is 1. The minimum atomic E-state index is -0.366. The first kappa shape index (κ1) is 11.8. The minimum absolute atomic E-state index is 0.193. The van der Waals surface area contributed by atoms with Gasteiger partial charge in [0.1, 0.15) is 5.82 Å². The van der Waals surface area contributed by atoms with E-state index in [1.807, 2.05) is 0 Å². The number of nitrogens with one attached hydrogen (secondary N) is 1. The molecule has 0 aliphatic carbocycles. The van der Waals surface area contributed by atoms with Gasteiger partial charge >= 0.3 is 0 Å². The molecular weight excluding hydrogens is 191 g/mol. The molecule has 1 aromatic carbocycles. The zero-order chi connectivity index (χ0) is 11.5. The maximum absolute atomic E-state index is 13.1. The van der Waals surface area contributed by atoms with Crippen LogP contribution in [-0.2, 0) is 0 Å². The summed E-state index contributed by atoms with van der Waals surface area (Å²) in [4.78, 5) is 0. The van der Waals surface area contributed by atoms with Crippen molar-refractivity contribution in [3.63, 3.8) is 0 Å². The highest BCUT2D eigenvalue weighted by Gasteiger charge is 2.15. The lowest BCUT2D eigenvalue weighted by atomic mass is 9.90. The van der Waals surface area contributed by atoms with Crippen LogP contribution in [0.1, 0.15) is 27.2 Å². The third-order valence-corrected chi connectivity index (χ3v) is 2.77. The van der Waals surface area contributed by atoms with Crippen LogP contribution < -0.4 is 11.1 Å². The molecule has 3 heteroatoms. The van der Waals surface area contributed by atoms with E-state index >= 15 is 0 Å². The van der Waals surface area contributed by atoms with Gasteiger partial charge in [-0.3, -0.25) is 0 Å². The van der Waals surface area contributed by atoms with Crippen molar-refractivity contribution < 1.29 is 4.39 Å². The van der Waals surface area contributed by atoms with Crippen LogP contribution in [0.5, 0.6) is 0 Å². The summed E-state index contributed by atoms with van der Waals surface area (Å²) in [5.74, 6) is -0.366. The standard InChI is InChI=1S/C12H19FN2/c1-4-12(2,3)8-15-10-7-5-6-9(13)11(10)14/h5-7,15H,4,8,14H2,1-3H3. The highest BCUT2D eigenvalue weighted by molar-refractivity contribution is 5.66. The number of rotatable bonds is 4. The molecule has 1 rings (SSSR count). The van der Waals surface area contributed by atoms with Gasteiger partial charge in [-0.1, -0.05) is 26.8 Å². The Kier molecular flexibility index (Phi) is 3.56. The van der Waals surface area contributed by atoms with Gasteiger partial charge in [0.15, 0.2) is 0 Å². The summed E-state index contributed by atoms with van der Waals surface area (Å²) in [6.45, 7) is 7.25. The van der Waals surface area contributed by atoms with Crippen molar-refractivity contribution in [2.45, 2.75) is 27.2 Å². The lowest BCUT2D eigenvalue weighted by molar-refractivity contribution is 0.377. The van der Waals surface area contributed by atoms with Crippen LogP contribution in [0, 0.1) is 11.2 Å². The topological polar surface area (TPSA) is 38.0 Å². The number of nitrogen functional groups attached to an aromatic ring is 1. The van der Waals surface area contributed by atoms with Gasteiger partial charge < -0.3 is 11.1 Å². The zero-order valence-electron chi connectivity index (χ0n) is 9.60. The minimum Gasteiger partial charge on any atom is -0.395 e. The lowest BCUT2D eigenvalue weighted by Crippen LogP contribution is -2.22. The summed E-state index contributed by atoms with van der Waals surface area (Å²) in [6, 6.07) is 4.82. The highest BCUT2D eigenvalue weighted by atomic mass is 19.1. The number of nitrogens with two attached hydrogens (primary N) is 1. The van der Waals surface area contributed by atoms with E-state index in [4.69, 9.17) is 5.73 Å². The summed E-state index contributed by atoms with van der Waals surface area (Å²) in [6.07, 6.45) is 1.06. The Morgan fingerprint density at radius 1 is 1.40 bits per heavy atom. The van der Waals surface area contributed by atoms with Gasteiger partial charge in [-0.15, -0.1) is 0 Å². The number of halogens is 1. The third-order valence-electron chi connectivity index (χ3n) is 2.77. The average Bonchev–Trinajstić information content (AvgIpc) is 2.20. The fraction of sp³-hybridized carbons (Fsp3) is 0.500. The molecule has 2 nitrogen and oxygen atoms in total. The SMILES string of the molecule is CCC(C)(C)CNc1cccc(F)c1N. The van der Waals surface area contributed by atoms with Crippen molar-refractivity contribution in [2.24, 2.45) is 5.41 Å². The second kappa shape index (κ2) is 4.51. The Morgan fingerprint density at radius 3 is 2.67 bits per heavy atom. The molecule has 0 radical (unpaired) electrons. The second-order valence-corrected chi connectivity index (χ2v) is 4.57. The van der Waals surface area contributed by atoms with E-state index in [-0.39, 0.29) is 16.9 Å². The summed E-state index contributed by atoms with van der Waals surface area (Å²) in [5.41, 5.74) is 6.68. The molecule has 0 bridgehead atoms. The highest BCUT2D eigenvalue weighted by Crippen LogP contribution is 2.25. The van der Waals surface area contributed by atoms with Crippen molar-refractivity contribution in [1.29, 1.82) is 0 Å². The van der Waals surface area contributed by atoms with Crippen molar-refractivity contribution in [3.8, 4) is 0 Å². The first-order valence-electron chi connectivity index (χ1n) is 5.24. The molecule has 0 aliphatic heterocycles. The van der Waals surface area contributed by atoms with Crippen LogP contribution in [-0.4, -0.2) is 6.54 Å². The molecule has 0 aliphatic rings. The van der Waals surface area contributed by atoms with E-state index < -0.39 is 0 Å². The third kappa shape index (κ3) is 3.11. The number of benzene rings is 1. The Bertz CT molecular complexity index is 334. The first-order valence-corrected chi connectivity index (χ1v) is 5.24. The smallest absolute Gasteiger partial charge is 0.148 e. The Hall–Kier alpha value is -1.25. The van der Waals surface area contributed by atoms with Gasteiger partial charge in [0.05, 0.1) is 11.4 Å². The fourth-order valence-electron chi connectivity index (χ4n) is 1.15. The predicted octanol–water partition coefficient (Wildman–Crippen LogP) is 3.26. The van der Waals surface area contributed by atoms with Crippen LogP contribution in [0.4, 0.5) is 15.8 Å². The van der Waals surface area contributed by atoms with E-state index in [9.17, 15) is 4.39 Å². The molecule has 0 spiro atoms. The molecule has 0 saturated carbocycles. The molecule has 0 unspecified atom stereocenters. The first-order chi connectivity index (χ1) is 6.96. The van der Waals surface area contributed by atoms with Gasteiger partial charge in [0, 0.05) is 6.54 Å². The Labute approximate surface area is 90.7 Å². The van der Waals surface area contributed by atoms with Gasteiger partial charge in [0.25, 0.3) is 0 Å². The summed E-state index contributed by atoms with van der Waals surface area (Å²) < 4.78 is 13.1. The van der Waals surface area contributed by atoms with Gasteiger partial charge in [-0.2, -0.15) is 0 Å². The molecule has 0 heterocycles. The summed E-state index contributed by atoms with van der Waals surface area (Å²) in [7, 11) is 0. The lowest BCUT2D eigenvalue weighted by Gasteiger charge is -2.24. The predicted molar refractivity (Wildman–Crippen MR) is 63.4 cm³/mol.